The highest BCUT2D eigenvalue weighted by molar-refractivity contribution is 5.77. The van der Waals surface area contributed by atoms with Crippen LogP contribution in [0.4, 0.5) is 0 Å². The Bertz CT molecular complexity index is 442. The van der Waals surface area contributed by atoms with Crippen molar-refractivity contribution in [1.29, 1.82) is 0 Å². The normalized spacial score (nSPS) is 21.9. The van der Waals surface area contributed by atoms with Crippen LogP contribution < -0.4 is 4.74 Å². The zero-order chi connectivity index (χ0) is 14.0. The number of rotatable bonds is 4. The van der Waals surface area contributed by atoms with Gasteiger partial charge >= 0.3 is 5.97 Å². The van der Waals surface area contributed by atoms with E-state index >= 15 is 0 Å². The van der Waals surface area contributed by atoms with Gasteiger partial charge in [0.25, 0.3) is 0 Å². The molecule has 1 fully saturated rings. The van der Waals surface area contributed by atoms with E-state index in [4.69, 9.17) is 9.47 Å². The first-order chi connectivity index (χ1) is 8.90. The third-order valence-corrected chi connectivity index (χ3v) is 3.11. The maximum absolute atomic E-state index is 11.6. The molecule has 1 aromatic rings. The lowest BCUT2D eigenvalue weighted by Gasteiger charge is -2.21. The van der Waals surface area contributed by atoms with Gasteiger partial charge in [0, 0.05) is 0 Å². The van der Waals surface area contributed by atoms with E-state index in [1.54, 1.807) is 0 Å². The van der Waals surface area contributed by atoms with E-state index in [2.05, 4.69) is 0 Å². The highest BCUT2D eigenvalue weighted by Gasteiger charge is 2.45. The van der Waals surface area contributed by atoms with Crippen LogP contribution in [0.2, 0.25) is 0 Å². The molecular formula is C16H22O3. The molecule has 1 saturated carbocycles. The van der Waals surface area contributed by atoms with Crippen molar-refractivity contribution in [3.05, 3.63) is 29.8 Å². The second-order valence-corrected chi connectivity index (χ2v) is 5.98. The minimum Gasteiger partial charge on any atom is -0.488 e. The Morgan fingerprint density at radius 3 is 2.42 bits per heavy atom. The van der Waals surface area contributed by atoms with Gasteiger partial charge in [0.1, 0.15) is 11.4 Å². The fraction of sp³-hybridized carbons (Fsp3) is 0.562. The summed E-state index contributed by atoms with van der Waals surface area (Å²) >= 11 is 0. The van der Waals surface area contributed by atoms with E-state index in [1.165, 1.54) is 5.56 Å². The van der Waals surface area contributed by atoms with Crippen LogP contribution in [0, 0.1) is 5.92 Å². The van der Waals surface area contributed by atoms with Gasteiger partial charge in [0.15, 0.2) is 0 Å². The van der Waals surface area contributed by atoms with Crippen LogP contribution in [0.15, 0.2) is 24.3 Å². The van der Waals surface area contributed by atoms with Crippen LogP contribution in [0.25, 0.3) is 0 Å². The molecule has 0 radical (unpaired) electrons. The lowest BCUT2D eigenvalue weighted by molar-refractivity contribution is -0.144. The number of benzene rings is 1. The molecule has 0 N–H and O–H groups in total. The average molecular weight is 262 g/mol. The molecule has 0 aromatic heterocycles. The Morgan fingerprint density at radius 1 is 1.26 bits per heavy atom. The summed E-state index contributed by atoms with van der Waals surface area (Å²) in [6, 6.07) is 8.04. The Kier molecular flexibility index (Phi) is 3.83. The number of ether oxygens (including phenoxy) is 2. The van der Waals surface area contributed by atoms with Gasteiger partial charge in [-0.15, -0.1) is 0 Å². The molecule has 3 heteroatoms. The molecular weight excluding hydrogens is 240 g/mol. The van der Waals surface area contributed by atoms with E-state index in [9.17, 15) is 4.79 Å². The van der Waals surface area contributed by atoms with E-state index < -0.39 is 0 Å². The summed E-state index contributed by atoms with van der Waals surface area (Å²) < 4.78 is 10.8. The van der Waals surface area contributed by atoms with Crippen LogP contribution in [-0.2, 0) is 9.53 Å². The fourth-order valence-electron chi connectivity index (χ4n) is 2.21. The van der Waals surface area contributed by atoms with Crippen molar-refractivity contribution >= 4 is 5.97 Å². The molecule has 1 aliphatic carbocycles. The summed E-state index contributed by atoms with van der Waals surface area (Å²) in [6.45, 7) is 8.38. The molecule has 2 atom stereocenters. The van der Waals surface area contributed by atoms with Gasteiger partial charge in [-0.3, -0.25) is 4.79 Å². The van der Waals surface area contributed by atoms with Gasteiger partial charge in [0.2, 0.25) is 0 Å². The minimum atomic E-state index is -0.186. The maximum atomic E-state index is 11.6. The van der Waals surface area contributed by atoms with Crippen molar-refractivity contribution < 1.29 is 14.3 Å². The van der Waals surface area contributed by atoms with Crippen LogP contribution >= 0.6 is 0 Å². The van der Waals surface area contributed by atoms with Crippen molar-refractivity contribution in [1.82, 2.24) is 0 Å². The predicted octanol–water partition coefficient (Wildman–Crippen LogP) is 3.53. The minimum absolute atomic E-state index is 0.0503. The quantitative estimate of drug-likeness (QED) is 0.779. The molecule has 0 spiro atoms. The lowest BCUT2D eigenvalue weighted by Crippen LogP contribution is -2.22. The Hall–Kier alpha value is -1.51. The van der Waals surface area contributed by atoms with Crippen molar-refractivity contribution in [3.63, 3.8) is 0 Å². The standard InChI is InChI=1S/C16H22O3/c1-5-18-15(17)14-10-13(14)11-6-8-12(9-7-11)19-16(2,3)4/h6-9,13-14H,5,10H2,1-4H3. The third kappa shape index (κ3) is 3.72. The first-order valence-electron chi connectivity index (χ1n) is 6.86. The van der Waals surface area contributed by atoms with Crippen LogP contribution in [0.3, 0.4) is 0 Å². The topological polar surface area (TPSA) is 35.5 Å². The van der Waals surface area contributed by atoms with Crippen LogP contribution in [0.5, 0.6) is 5.75 Å². The number of hydrogen-bond donors (Lipinski definition) is 0. The molecule has 2 unspecified atom stereocenters. The first kappa shape index (κ1) is 13.9. The summed E-state index contributed by atoms with van der Waals surface area (Å²) in [4.78, 5) is 11.6. The van der Waals surface area contributed by atoms with Gasteiger partial charge in [0.05, 0.1) is 12.5 Å². The zero-order valence-electron chi connectivity index (χ0n) is 12.1. The fourth-order valence-corrected chi connectivity index (χ4v) is 2.21. The van der Waals surface area contributed by atoms with Crippen LogP contribution in [0.1, 0.15) is 45.6 Å². The Balaban J connectivity index is 1.95. The molecule has 0 bridgehead atoms. The summed E-state index contributed by atoms with van der Waals surface area (Å²) in [7, 11) is 0. The number of carbonyl (C=O) groups excluding carboxylic acids is 1. The largest absolute Gasteiger partial charge is 0.488 e. The first-order valence-corrected chi connectivity index (χ1v) is 6.86. The van der Waals surface area contributed by atoms with Crippen molar-refractivity contribution in [2.45, 2.75) is 45.6 Å². The van der Waals surface area contributed by atoms with Gasteiger partial charge in [-0.25, -0.2) is 0 Å². The van der Waals surface area contributed by atoms with Gasteiger partial charge in [-0.05, 0) is 57.7 Å². The van der Waals surface area contributed by atoms with E-state index in [0.29, 0.717) is 12.5 Å². The third-order valence-electron chi connectivity index (χ3n) is 3.11. The smallest absolute Gasteiger partial charge is 0.309 e. The van der Waals surface area contributed by atoms with Gasteiger partial charge < -0.3 is 9.47 Å². The SMILES string of the molecule is CCOC(=O)C1CC1c1ccc(OC(C)(C)C)cc1. The second kappa shape index (κ2) is 5.24. The summed E-state index contributed by atoms with van der Waals surface area (Å²) in [5, 5.41) is 0. The molecule has 104 valence electrons. The predicted molar refractivity (Wildman–Crippen MR) is 74.3 cm³/mol. The highest BCUT2D eigenvalue weighted by atomic mass is 16.5. The molecule has 19 heavy (non-hydrogen) atoms. The van der Waals surface area contributed by atoms with E-state index in [-0.39, 0.29) is 17.5 Å². The van der Waals surface area contributed by atoms with E-state index in [0.717, 1.165) is 12.2 Å². The summed E-state index contributed by atoms with van der Waals surface area (Å²) in [6.07, 6.45) is 0.901. The summed E-state index contributed by atoms with van der Waals surface area (Å²) in [5.41, 5.74) is 1.01. The maximum Gasteiger partial charge on any atom is 0.309 e. The number of carbonyl (C=O) groups is 1. The molecule has 1 aliphatic rings. The Labute approximate surface area is 114 Å². The van der Waals surface area contributed by atoms with Crippen LogP contribution in [-0.4, -0.2) is 18.2 Å². The molecule has 2 rings (SSSR count). The number of esters is 1. The highest BCUT2D eigenvalue weighted by Crippen LogP contribution is 2.48. The van der Waals surface area contributed by atoms with E-state index in [1.807, 2.05) is 52.0 Å². The monoisotopic (exact) mass is 262 g/mol. The molecule has 1 aromatic carbocycles. The Morgan fingerprint density at radius 2 is 1.89 bits per heavy atom. The van der Waals surface area contributed by atoms with Gasteiger partial charge in [-0.1, -0.05) is 12.1 Å². The number of hydrogen-bond acceptors (Lipinski definition) is 3. The molecule has 0 saturated heterocycles. The molecule has 0 amide bonds. The van der Waals surface area contributed by atoms with Crippen molar-refractivity contribution in [3.8, 4) is 5.75 Å². The van der Waals surface area contributed by atoms with Crippen molar-refractivity contribution in [2.75, 3.05) is 6.61 Å². The zero-order valence-corrected chi connectivity index (χ0v) is 12.1. The average Bonchev–Trinajstić information content (AvgIpc) is 3.08. The van der Waals surface area contributed by atoms with Crippen molar-refractivity contribution in [2.24, 2.45) is 5.92 Å². The molecule has 0 heterocycles. The van der Waals surface area contributed by atoms with Gasteiger partial charge in [-0.2, -0.15) is 0 Å². The lowest BCUT2D eigenvalue weighted by atomic mass is 10.1. The second-order valence-electron chi connectivity index (χ2n) is 5.98. The molecule has 0 aliphatic heterocycles. The summed E-state index contributed by atoms with van der Waals surface area (Å²) in [5.74, 6) is 1.17. The molecule has 3 nitrogen and oxygen atoms in total.